The standard InChI is InChI=1S/C20H30O5/c1-5-7-8-9-10-15-11-12-16-17(19(21)22-4)13-24-20(18(15)16)25-14(3)23-6-2/h9-11,13-14,16,18,20H,5-8,12H2,1-4H3. The summed E-state index contributed by atoms with van der Waals surface area (Å²) in [7, 11) is 1.39. The zero-order valence-corrected chi connectivity index (χ0v) is 15.7. The Morgan fingerprint density at radius 2 is 2.24 bits per heavy atom. The molecule has 25 heavy (non-hydrogen) atoms. The number of unbranched alkanes of at least 4 members (excludes halogenated alkanes) is 2. The second-order valence-electron chi connectivity index (χ2n) is 6.35. The molecule has 1 heterocycles. The largest absolute Gasteiger partial charge is 0.471 e. The summed E-state index contributed by atoms with van der Waals surface area (Å²) >= 11 is 0. The van der Waals surface area contributed by atoms with Crippen LogP contribution in [-0.2, 0) is 23.7 Å². The molecule has 0 amide bonds. The minimum atomic E-state index is -0.468. The predicted octanol–water partition coefficient (Wildman–Crippen LogP) is 4.11. The molecule has 140 valence electrons. The summed E-state index contributed by atoms with van der Waals surface area (Å²) in [6.07, 6.45) is 11.3. The Kier molecular flexibility index (Phi) is 7.72. The molecule has 1 aliphatic heterocycles. The fraction of sp³-hybridized carbons (Fsp3) is 0.650. The number of fused-ring (bicyclic) bond motifs is 1. The maximum Gasteiger partial charge on any atom is 0.337 e. The van der Waals surface area contributed by atoms with Crippen molar-refractivity contribution < 1.29 is 23.7 Å². The van der Waals surface area contributed by atoms with Crippen LogP contribution in [0.5, 0.6) is 0 Å². The van der Waals surface area contributed by atoms with E-state index in [9.17, 15) is 4.79 Å². The van der Waals surface area contributed by atoms with E-state index >= 15 is 0 Å². The van der Waals surface area contributed by atoms with Crippen LogP contribution in [0.1, 0.15) is 46.5 Å². The van der Waals surface area contributed by atoms with E-state index in [1.807, 2.05) is 13.8 Å². The average molecular weight is 350 g/mol. The lowest BCUT2D eigenvalue weighted by Crippen LogP contribution is -2.39. The minimum Gasteiger partial charge on any atom is -0.471 e. The van der Waals surface area contributed by atoms with Gasteiger partial charge >= 0.3 is 5.97 Å². The Morgan fingerprint density at radius 3 is 2.92 bits per heavy atom. The van der Waals surface area contributed by atoms with Gasteiger partial charge in [-0.05, 0) is 32.3 Å². The lowest BCUT2D eigenvalue weighted by atomic mass is 9.83. The fourth-order valence-corrected chi connectivity index (χ4v) is 3.38. The van der Waals surface area contributed by atoms with Gasteiger partial charge in [0.15, 0.2) is 6.29 Å². The van der Waals surface area contributed by atoms with Crippen molar-refractivity contribution >= 4 is 5.97 Å². The van der Waals surface area contributed by atoms with Crippen molar-refractivity contribution in [2.24, 2.45) is 11.8 Å². The van der Waals surface area contributed by atoms with Gasteiger partial charge in [-0.2, -0.15) is 0 Å². The van der Waals surface area contributed by atoms with Gasteiger partial charge in [0.2, 0.25) is 6.29 Å². The van der Waals surface area contributed by atoms with Crippen LogP contribution < -0.4 is 0 Å². The second kappa shape index (κ2) is 9.78. The number of ether oxygens (including phenoxy) is 4. The van der Waals surface area contributed by atoms with Gasteiger partial charge in [0.05, 0.1) is 24.9 Å². The van der Waals surface area contributed by atoms with Gasteiger partial charge in [-0.25, -0.2) is 4.79 Å². The van der Waals surface area contributed by atoms with Crippen LogP contribution in [0, 0.1) is 11.8 Å². The van der Waals surface area contributed by atoms with E-state index in [-0.39, 0.29) is 24.1 Å². The molecule has 1 aliphatic carbocycles. The van der Waals surface area contributed by atoms with E-state index in [0.717, 1.165) is 18.4 Å². The van der Waals surface area contributed by atoms with Gasteiger partial charge in [0, 0.05) is 12.5 Å². The molecule has 5 nitrogen and oxygen atoms in total. The summed E-state index contributed by atoms with van der Waals surface area (Å²) in [6, 6.07) is 0. The van der Waals surface area contributed by atoms with Crippen LogP contribution >= 0.6 is 0 Å². The molecular formula is C20H30O5. The maximum absolute atomic E-state index is 12.1. The third-order valence-electron chi connectivity index (χ3n) is 4.63. The van der Waals surface area contributed by atoms with Crippen LogP contribution in [0.2, 0.25) is 0 Å². The van der Waals surface area contributed by atoms with E-state index < -0.39 is 6.29 Å². The van der Waals surface area contributed by atoms with Crippen molar-refractivity contribution in [2.45, 2.75) is 59.0 Å². The zero-order valence-electron chi connectivity index (χ0n) is 15.7. The van der Waals surface area contributed by atoms with Crippen molar-refractivity contribution in [3.8, 4) is 0 Å². The summed E-state index contributed by atoms with van der Waals surface area (Å²) in [4.78, 5) is 12.1. The third kappa shape index (κ3) is 4.95. The number of hydrogen-bond donors (Lipinski definition) is 0. The molecule has 2 rings (SSSR count). The van der Waals surface area contributed by atoms with Gasteiger partial charge in [0.25, 0.3) is 0 Å². The first-order valence-electron chi connectivity index (χ1n) is 9.19. The van der Waals surface area contributed by atoms with Crippen LogP contribution in [0.3, 0.4) is 0 Å². The van der Waals surface area contributed by atoms with Gasteiger partial charge < -0.3 is 18.9 Å². The van der Waals surface area contributed by atoms with E-state index in [2.05, 4.69) is 25.2 Å². The van der Waals surface area contributed by atoms with Crippen LogP contribution in [0.25, 0.3) is 0 Å². The average Bonchev–Trinajstić information content (AvgIpc) is 3.03. The van der Waals surface area contributed by atoms with Crippen molar-refractivity contribution in [1.82, 2.24) is 0 Å². The highest BCUT2D eigenvalue weighted by Gasteiger charge is 2.44. The summed E-state index contributed by atoms with van der Waals surface area (Å²) < 4.78 is 22.1. The van der Waals surface area contributed by atoms with Crippen LogP contribution in [-0.4, -0.2) is 32.3 Å². The molecule has 0 aromatic heterocycles. The van der Waals surface area contributed by atoms with Crippen LogP contribution in [0.4, 0.5) is 0 Å². The number of carbonyl (C=O) groups excluding carboxylic acids is 1. The number of hydrogen-bond acceptors (Lipinski definition) is 5. The van der Waals surface area contributed by atoms with E-state index in [0.29, 0.717) is 12.2 Å². The molecule has 0 fully saturated rings. The number of carbonyl (C=O) groups is 1. The number of allylic oxidation sites excluding steroid dienone is 3. The normalized spacial score (nSPS) is 26.6. The molecule has 0 aromatic rings. The first-order chi connectivity index (χ1) is 12.1. The van der Waals surface area contributed by atoms with Gasteiger partial charge in [0.1, 0.15) is 0 Å². The Balaban J connectivity index is 2.16. The van der Waals surface area contributed by atoms with Gasteiger partial charge in [-0.1, -0.05) is 38.0 Å². The molecule has 0 aromatic carbocycles. The van der Waals surface area contributed by atoms with Crippen molar-refractivity contribution in [3.05, 3.63) is 35.6 Å². The highest BCUT2D eigenvalue weighted by atomic mass is 16.8. The lowest BCUT2D eigenvalue weighted by Gasteiger charge is -2.35. The third-order valence-corrected chi connectivity index (χ3v) is 4.63. The molecule has 4 unspecified atom stereocenters. The van der Waals surface area contributed by atoms with Crippen molar-refractivity contribution in [1.29, 1.82) is 0 Å². The number of esters is 1. The second-order valence-corrected chi connectivity index (χ2v) is 6.35. The first-order valence-corrected chi connectivity index (χ1v) is 9.19. The Labute approximate surface area is 150 Å². The van der Waals surface area contributed by atoms with Crippen molar-refractivity contribution in [2.75, 3.05) is 13.7 Å². The van der Waals surface area contributed by atoms with Crippen LogP contribution in [0.15, 0.2) is 35.6 Å². The van der Waals surface area contributed by atoms with Gasteiger partial charge in [-0.15, -0.1) is 0 Å². The summed E-state index contributed by atoms with van der Waals surface area (Å²) in [5, 5.41) is 0. The maximum atomic E-state index is 12.1. The highest BCUT2D eigenvalue weighted by Crippen LogP contribution is 2.44. The molecule has 0 spiro atoms. The molecule has 0 bridgehead atoms. The van der Waals surface area contributed by atoms with E-state index in [1.54, 1.807) is 0 Å². The monoisotopic (exact) mass is 350 g/mol. The van der Waals surface area contributed by atoms with Crippen molar-refractivity contribution in [3.63, 3.8) is 0 Å². The number of methoxy groups -OCH3 is 1. The molecule has 0 saturated carbocycles. The highest BCUT2D eigenvalue weighted by molar-refractivity contribution is 5.89. The van der Waals surface area contributed by atoms with Gasteiger partial charge in [-0.3, -0.25) is 0 Å². The fourth-order valence-electron chi connectivity index (χ4n) is 3.38. The molecule has 0 N–H and O–H groups in total. The Morgan fingerprint density at radius 1 is 1.44 bits per heavy atom. The molecule has 0 saturated heterocycles. The minimum absolute atomic E-state index is 0.0193. The Bertz CT molecular complexity index is 534. The lowest BCUT2D eigenvalue weighted by molar-refractivity contribution is -0.242. The summed E-state index contributed by atoms with van der Waals surface area (Å²) in [6.45, 7) is 6.54. The van der Waals surface area contributed by atoms with E-state index in [4.69, 9.17) is 18.9 Å². The molecule has 4 atom stereocenters. The first kappa shape index (κ1) is 19.7. The summed E-state index contributed by atoms with van der Waals surface area (Å²) in [5.41, 5.74) is 1.73. The predicted molar refractivity (Wildman–Crippen MR) is 95.5 cm³/mol. The smallest absolute Gasteiger partial charge is 0.337 e. The quantitative estimate of drug-likeness (QED) is 0.356. The molecule has 2 aliphatic rings. The van der Waals surface area contributed by atoms with E-state index in [1.165, 1.54) is 26.2 Å². The summed E-state index contributed by atoms with van der Waals surface area (Å²) in [5.74, 6) is -0.346. The molecular weight excluding hydrogens is 320 g/mol. The Hall–Kier alpha value is -1.59. The zero-order chi connectivity index (χ0) is 18.2. The number of rotatable bonds is 9. The SMILES string of the molecule is CCCCC=CC1=CCC2C(C(=O)OC)=COC(OC(C)OCC)C12. The molecule has 5 heteroatoms. The topological polar surface area (TPSA) is 54.0 Å². The molecule has 0 radical (unpaired) electrons.